The molecular weight excluding hydrogens is 258 g/mol. The minimum Gasteiger partial charge on any atom is -0.384 e. The van der Waals surface area contributed by atoms with Crippen molar-refractivity contribution in [3.8, 4) is 11.8 Å². The van der Waals surface area contributed by atoms with Crippen LogP contribution in [0.2, 0.25) is 0 Å². The Morgan fingerprint density at radius 1 is 1.10 bits per heavy atom. The molecule has 1 saturated carbocycles. The van der Waals surface area contributed by atoms with Gasteiger partial charge in [0.15, 0.2) is 0 Å². The van der Waals surface area contributed by atoms with E-state index in [1.807, 2.05) is 6.07 Å². The lowest BCUT2D eigenvalue weighted by molar-refractivity contribution is 0.103. The van der Waals surface area contributed by atoms with Crippen LogP contribution in [0.1, 0.15) is 49.7 Å². The molecule has 1 aliphatic carbocycles. The van der Waals surface area contributed by atoms with Gasteiger partial charge in [-0.25, -0.2) is 0 Å². The second-order valence-electron chi connectivity index (χ2n) is 6.64. The Morgan fingerprint density at radius 3 is 2.57 bits per heavy atom. The Hall–Kier alpha value is -1.30. The molecule has 1 spiro atoms. The molecule has 0 unspecified atom stereocenters. The number of rotatable bonds is 2. The van der Waals surface area contributed by atoms with E-state index < -0.39 is 0 Å². The summed E-state index contributed by atoms with van der Waals surface area (Å²) in [6.45, 7) is 3.45. The molecule has 2 aliphatic rings. The lowest BCUT2D eigenvalue weighted by Crippen LogP contribution is -2.38. The van der Waals surface area contributed by atoms with Crippen LogP contribution in [0.15, 0.2) is 24.3 Å². The van der Waals surface area contributed by atoms with Gasteiger partial charge in [-0.3, -0.25) is 4.90 Å². The molecule has 0 atom stereocenters. The third kappa shape index (κ3) is 3.67. The van der Waals surface area contributed by atoms with E-state index in [1.54, 1.807) is 0 Å². The first-order valence-electron chi connectivity index (χ1n) is 8.21. The van der Waals surface area contributed by atoms with Crippen LogP contribution in [-0.2, 0) is 6.54 Å². The van der Waals surface area contributed by atoms with Crippen molar-refractivity contribution in [2.45, 2.75) is 45.1 Å². The number of nitrogens with zero attached hydrogens (tertiary/aromatic N) is 1. The van der Waals surface area contributed by atoms with E-state index >= 15 is 0 Å². The van der Waals surface area contributed by atoms with Gasteiger partial charge in [-0.2, -0.15) is 0 Å². The van der Waals surface area contributed by atoms with Gasteiger partial charge in [0.25, 0.3) is 0 Å². The Bertz CT molecular complexity index is 524. The Morgan fingerprint density at radius 2 is 1.86 bits per heavy atom. The van der Waals surface area contributed by atoms with E-state index in [1.165, 1.54) is 57.2 Å². The second kappa shape index (κ2) is 6.64. The molecule has 0 bridgehead atoms. The number of likely N-dealkylation sites (tertiary alicyclic amines) is 1. The highest BCUT2D eigenvalue weighted by Crippen LogP contribution is 2.46. The molecule has 0 aromatic heterocycles. The van der Waals surface area contributed by atoms with Crippen LogP contribution in [0.4, 0.5) is 0 Å². The maximum absolute atomic E-state index is 8.78. The summed E-state index contributed by atoms with van der Waals surface area (Å²) in [5.41, 5.74) is 3.04. The van der Waals surface area contributed by atoms with Crippen LogP contribution in [0.3, 0.4) is 0 Å². The molecule has 2 heteroatoms. The van der Waals surface area contributed by atoms with Crippen molar-refractivity contribution >= 4 is 0 Å². The van der Waals surface area contributed by atoms with Gasteiger partial charge >= 0.3 is 0 Å². The largest absolute Gasteiger partial charge is 0.384 e. The highest BCUT2D eigenvalue weighted by Gasteiger charge is 2.36. The predicted octanol–water partition coefficient (Wildman–Crippen LogP) is 3.19. The highest BCUT2D eigenvalue weighted by molar-refractivity contribution is 5.37. The van der Waals surface area contributed by atoms with Gasteiger partial charge in [-0.15, -0.1) is 0 Å². The minimum absolute atomic E-state index is 0.0710. The molecular formula is C19H25NO. The van der Waals surface area contributed by atoms with Crippen LogP contribution >= 0.6 is 0 Å². The average molecular weight is 283 g/mol. The summed E-state index contributed by atoms with van der Waals surface area (Å²) in [4.78, 5) is 2.59. The second-order valence-corrected chi connectivity index (χ2v) is 6.64. The lowest BCUT2D eigenvalue weighted by atomic mass is 9.77. The standard InChI is InChI=1S/C19H25NO/c21-14-4-7-17-5-3-6-18(15-17)16-20-12-10-19(11-13-20)8-1-2-9-19/h3,5-6,15,21H,1-2,8-14,16H2. The van der Waals surface area contributed by atoms with Crippen molar-refractivity contribution in [2.24, 2.45) is 5.41 Å². The first kappa shape index (κ1) is 14.6. The monoisotopic (exact) mass is 283 g/mol. The molecule has 1 saturated heterocycles. The molecule has 1 aromatic carbocycles. The molecule has 1 N–H and O–H groups in total. The first-order valence-corrected chi connectivity index (χ1v) is 8.21. The lowest BCUT2D eigenvalue weighted by Gasteiger charge is -2.39. The number of aliphatic hydroxyl groups excluding tert-OH is 1. The van der Waals surface area contributed by atoms with Crippen molar-refractivity contribution < 1.29 is 5.11 Å². The van der Waals surface area contributed by atoms with E-state index in [-0.39, 0.29) is 6.61 Å². The molecule has 112 valence electrons. The number of hydrogen-bond acceptors (Lipinski definition) is 2. The third-order valence-electron chi connectivity index (χ3n) is 5.23. The van der Waals surface area contributed by atoms with Gasteiger partial charge in [-0.1, -0.05) is 36.8 Å². The molecule has 21 heavy (non-hydrogen) atoms. The van der Waals surface area contributed by atoms with Gasteiger partial charge in [0.2, 0.25) is 0 Å². The van der Waals surface area contributed by atoms with Crippen molar-refractivity contribution in [1.82, 2.24) is 4.90 Å². The molecule has 2 nitrogen and oxygen atoms in total. The summed E-state index contributed by atoms with van der Waals surface area (Å²) in [5, 5.41) is 8.78. The van der Waals surface area contributed by atoms with Gasteiger partial charge < -0.3 is 5.11 Å². The SMILES string of the molecule is OCC#Cc1cccc(CN2CCC3(CCCC3)CC2)c1. The zero-order chi connectivity index (χ0) is 14.5. The highest BCUT2D eigenvalue weighted by atomic mass is 16.2. The summed E-state index contributed by atoms with van der Waals surface area (Å²) in [6, 6.07) is 8.42. The molecule has 1 aliphatic heterocycles. The van der Waals surface area contributed by atoms with Gasteiger partial charge in [0.05, 0.1) is 0 Å². The van der Waals surface area contributed by atoms with Gasteiger partial charge in [0, 0.05) is 12.1 Å². The zero-order valence-electron chi connectivity index (χ0n) is 12.8. The van der Waals surface area contributed by atoms with Crippen LogP contribution < -0.4 is 0 Å². The van der Waals surface area contributed by atoms with E-state index in [4.69, 9.17) is 5.11 Å². The Kier molecular flexibility index (Phi) is 4.63. The molecule has 1 aromatic rings. The Labute approximate surface area is 128 Å². The van der Waals surface area contributed by atoms with Crippen LogP contribution in [0, 0.1) is 17.3 Å². The Balaban J connectivity index is 1.57. The van der Waals surface area contributed by atoms with Crippen LogP contribution in [0.25, 0.3) is 0 Å². The summed E-state index contributed by atoms with van der Waals surface area (Å²) < 4.78 is 0. The topological polar surface area (TPSA) is 23.5 Å². The number of hydrogen-bond donors (Lipinski definition) is 1. The third-order valence-corrected chi connectivity index (χ3v) is 5.23. The fourth-order valence-corrected chi connectivity index (χ4v) is 3.96. The maximum atomic E-state index is 8.78. The van der Waals surface area contributed by atoms with Gasteiger partial charge in [-0.05, 0) is 61.9 Å². The molecule has 0 radical (unpaired) electrons. The smallest absolute Gasteiger partial charge is 0.104 e. The zero-order valence-corrected chi connectivity index (χ0v) is 12.8. The summed E-state index contributed by atoms with van der Waals surface area (Å²) in [7, 11) is 0. The summed E-state index contributed by atoms with van der Waals surface area (Å²) in [5.74, 6) is 5.71. The fourth-order valence-electron chi connectivity index (χ4n) is 3.96. The van der Waals surface area contributed by atoms with Crippen molar-refractivity contribution in [3.05, 3.63) is 35.4 Å². The van der Waals surface area contributed by atoms with E-state index in [9.17, 15) is 0 Å². The molecule has 2 fully saturated rings. The fraction of sp³-hybridized carbons (Fsp3) is 0.579. The minimum atomic E-state index is -0.0710. The quantitative estimate of drug-likeness (QED) is 0.843. The summed E-state index contributed by atoms with van der Waals surface area (Å²) >= 11 is 0. The van der Waals surface area contributed by atoms with E-state index in [0.29, 0.717) is 5.41 Å². The van der Waals surface area contributed by atoms with Crippen molar-refractivity contribution in [3.63, 3.8) is 0 Å². The molecule has 1 heterocycles. The average Bonchev–Trinajstić information content (AvgIpc) is 2.97. The number of piperidine rings is 1. The maximum Gasteiger partial charge on any atom is 0.104 e. The number of benzene rings is 1. The van der Waals surface area contributed by atoms with E-state index in [2.05, 4.69) is 34.9 Å². The number of aliphatic hydroxyl groups is 1. The predicted molar refractivity (Wildman–Crippen MR) is 85.8 cm³/mol. The van der Waals surface area contributed by atoms with Crippen molar-refractivity contribution in [2.75, 3.05) is 19.7 Å². The summed E-state index contributed by atoms with van der Waals surface area (Å²) in [6.07, 6.45) is 8.60. The van der Waals surface area contributed by atoms with Gasteiger partial charge in [0.1, 0.15) is 6.61 Å². The molecule has 3 rings (SSSR count). The molecule has 0 amide bonds. The van der Waals surface area contributed by atoms with E-state index in [0.717, 1.165) is 12.1 Å². The van der Waals surface area contributed by atoms with Crippen molar-refractivity contribution in [1.29, 1.82) is 0 Å². The normalized spacial score (nSPS) is 21.2. The first-order chi connectivity index (χ1) is 10.3. The van der Waals surface area contributed by atoms with Crippen LogP contribution in [0.5, 0.6) is 0 Å². The van der Waals surface area contributed by atoms with Crippen LogP contribution in [-0.4, -0.2) is 29.7 Å².